The molecule has 0 aromatic carbocycles. The van der Waals surface area contributed by atoms with Crippen molar-refractivity contribution in [2.24, 2.45) is 0 Å². The van der Waals surface area contributed by atoms with Crippen molar-refractivity contribution < 1.29 is 9.21 Å². The van der Waals surface area contributed by atoms with Crippen LogP contribution in [0.2, 0.25) is 0 Å². The molecule has 1 aliphatic carbocycles. The lowest BCUT2D eigenvalue weighted by molar-refractivity contribution is -0.0123. The summed E-state index contributed by atoms with van der Waals surface area (Å²) in [6.45, 7) is 2.95. The molecule has 178 valence electrons. The van der Waals surface area contributed by atoms with E-state index >= 15 is 0 Å². The molecular weight excluding hydrogens is 446 g/mol. The molecule has 11 nitrogen and oxygen atoms in total. The minimum Gasteiger partial charge on any atom is -0.470 e. The minimum absolute atomic E-state index is 0.108. The van der Waals surface area contributed by atoms with Gasteiger partial charge in [0.25, 0.3) is 0 Å². The van der Waals surface area contributed by atoms with E-state index in [0.29, 0.717) is 31.2 Å². The molecular formula is C24H25N9O2. The lowest BCUT2D eigenvalue weighted by atomic mass is 9.70. The maximum absolute atomic E-state index is 12.5. The van der Waals surface area contributed by atoms with E-state index in [4.69, 9.17) is 4.42 Å². The fourth-order valence-electron chi connectivity index (χ4n) is 5.27. The highest BCUT2D eigenvalue weighted by Crippen LogP contribution is 2.45. The van der Waals surface area contributed by atoms with Crippen molar-refractivity contribution in [2.75, 3.05) is 31.5 Å². The molecule has 2 N–H and O–H groups in total. The lowest BCUT2D eigenvalue weighted by Crippen LogP contribution is -2.61. The fourth-order valence-corrected chi connectivity index (χ4v) is 5.27. The molecule has 35 heavy (non-hydrogen) atoms. The third-order valence-electron chi connectivity index (χ3n) is 7.23. The quantitative estimate of drug-likeness (QED) is 0.457. The highest BCUT2D eigenvalue weighted by Gasteiger charge is 2.49. The predicted octanol–water partition coefficient (Wildman–Crippen LogP) is 3.04. The molecule has 0 atom stereocenters. The predicted molar refractivity (Wildman–Crippen MR) is 127 cm³/mol. The number of carbonyl (C=O) groups excluding carboxylic acids is 1. The zero-order valence-electron chi connectivity index (χ0n) is 19.1. The first-order chi connectivity index (χ1) is 17.1. The number of hydrogen-bond donors (Lipinski definition) is 2. The maximum Gasteiger partial charge on any atom is 0.322 e. The normalized spacial score (nSPS) is 22.6. The SMILES string of the molecule is N#CCC1(n2cc(-c3ncnc4[nH]ccc34)cn2)CC(N2CCN(C(=O)Nc3ccoc3)CC2)C1. The van der Waals surface area contributed by atoms with Gasteiger partial charge in [-0.05, 0) is 18.9 Å². The number of urea groups is 1. The fraction of sp³-hybridized carbons (Fsp3) is 0.375. The Morgan fingerprint density at radius 1 is 1.26 bits per heavy atom. The summed E-state index contributed by atoms with van der Waals surface area (Å²) in [6, 6.07) is 6.32. The molecule has 4 aromatic heterocycles. The van der Waals surface area contributed by atoms with Gasteiger partial charge in [-0.25, -0.2) is 14.8 Å². The number of hydrogen-bond acceptors (Lipinski definition) is 7. The van der Waals surface area contributed by atoms with E-state index < -0.39 is 0 Å². The molecule has 2 amide bonds. The van der Waals surface area contributed by atoms with Crippen LogP contribution in [0.1, 0.15) is 19.3 Å². The first-order valence-electron chi connectivity index (χ1n) is 11.7. The van der Waals surface area contributed by atoms with Crippen LogP contribution in [0.5, 0.6) is 0 Å². The van der Waals surface area contributed by atoms with E-state index in [2.05, 4.69) is 36.3 Å². The molecule has 11 heteroatoms. The number of anilines is 1. The third kappa shape index (κ3) is 3.81. The Balaban J connectivity index is 1.11. The highest BCUT2D eigenvalue weighted by atomic mass is 16.3. The molecule has 1 aliphatic heterocycles. The molecule has 0 unspecified atom stereocenters. The Labute approximate surface area is 201 Å². The Hall–Kier alpha value is -4.17. The average molecular weight is 472 g/mol. The summed E-state index contributed by atoms with van der Waals surface area (Å²) in [6.07, 6.45) is 12.4. The smallest absolute Gasteiger partial charge is 0.322 e. The van der Waals surface area contributed by atoms with Crippen LogP contribution < -0.4 is 5.32 Å². The molecule has 4 aromatic rings. The maximum atomic E-state index is 12.5. The number of nitrogens with zero attached hydrogens (tertiary/aromatic N) is 7. The van der Waals surface area contributed by atoms with E-state index in [1.54, 1.807) is 12.4 Å². The van der Waals surface area contributed by atoms with E-state index in [-0.39, 0.29) is 11.6 Å². The van der Waals surface area contributed by atoms with Crippen molar-refractivity contribution in [1.29, 1.82) is 5.26 Å². The van der Waals surface area contributed by atoms with Gasteiger partial charge in [-0.15, -0.1) is 0 Å². The van der Waals surface area contributed by atoms with E-state index in [1.165, 1.54) is 12.5 Å². The molecule has 0 spiro atoms. The summed E-state index contributed by atoms with van der Waals surface area (Å²) >= 11 is 0. The van der Waals surface area contributed by atoms with Gasteiger partial charge in [0.2, 0.25) is 0 Å². The summed E-state index contributed by atoms with van der Waals surface area (Å²) in [4.78, 5) is 28.6. The number of amides is 2. The van der Waals surface area contributed by atoms with Gasteiger partial charge in [-0.2, -0.15) is 10.4 Å². The first kappa shape index (κ1) is 21.4. The first-order valence-corrected chi connectivity index (χ1v) is 11.7. The Bertz CT molecular complexity index is 1370. The lowest BCUT2D eigenvalue weighted by Gasteiger charge is -2.52. The molecule has 2 fully saturated rings. The summed E-state index contributed by atoms with van der Waals surface area (Å²) in [5.74, 6) is 0. The van der Waals surface area contributed by atoms with Crippen LogP contribution in [0.3, 0.4) is 0 Å². The van der Waals surface area contributed by atoms with E-state index in [9.17, 15) is 10.1 Å². The molecule has 1 saturated heterocycles. The van der Waals surface area contributed by atoms with Gasteiger partial charge in [0.05, 0.1) is 41.9 Å². The van der Waals surface area contributed by atoms with Crippen molar-refractivity contribution in [3.63, 3.8) is 0 Å². The summed E-state index contributed by atoms with van der Waals surface area (Å²) in [5.41, 5.74) is 2.87. The second-order valence-corrected chi connectivity index (χ2v) is 9.22. The average Bonchev–Trinajstić information content (AvgIpc) is 3.63. The number of H-pyrrole nitrogens is 1. The number of fused-ring (bicyclic) bond motifs is 1. The van der Waals surface area contributed by atoms with Crippen LogP contribution in [0.25, 0.3) is 22.3 Å². The van der Waals surface area contributed by atoms with Crippen LogP contribution in [0, 0.1) is 11.3 Å². The topological polar surface area (TPSA) is 132 Å². The van der Waals surface area contributed by atoms with Crippen molar-refractivity contribution in [1.82, 2.24) is 34.5 Å². The molecule has 6 rings (SSSR count). The Kier molecular flexibility index (Phi) is 5.22. The number of rotatable bonds is 5. The Morgan fingerprint density at radius 2 is 2.11 bits per heavy atom. The van der Waals surface area contributed by atoms with Gasteiger partial charge < -0.3 is 19.6 Å². The standard InChI is InChI=1S/C24H25N9O2/c25-4-3-24(33-14-17(13-29-33)21-20-1-5-26-22(20)28-16-27-21)11-19(12-24)31-6-8-32(9-7-31)23(34)30-18-2-10-35-15-18/h1-2,5,10,13-16,19H,3,6-9,11-12H2,(H,30,34)(H,26,27,28). The number of nitrogens with one attached hydrogen (secondary N) is 2. The molecule has 2 aliphatic rings. The van der Waals surface area contributed by atoms with Crippen LogP contribution in [0.4, 0.5) is 10.5 Å². The summed E-state index contributed by atoms with van der Waals surface area (Å²) in [7, 11) is 0. The number of furan rings is 1. The third-order valence-corrected chi connectivity index (χ3v) is 7.23. The molecule has 0 radical (unpaired) electrons. The second kappa shape index (κ2) is 8.56. The van der Waals surface area contributed by atoms with Crippen molar-refractivity contribution in [3.05, 3.63) is 49.6 Å². The highest BCUT2D eigenvalue weighted by molar-refractivity contribution is 5.90. The van der Waals surface area contributed by atoms with Crippen molar-refractivity contribution >= 4 is 22.8 Å². The Morgan fingerprint density at radius 3 is 2.89 bits per heavy atom. The van der Waals surface area contributed by atoms with E-state index in [0.717, 1.165) is 48.2 Å². The van der Waals surface area contributed by atoms with Gasteiger partial charge in [0.15, 0.2) is 0 Å². The van der Waals surface area contributed by atoms with Crippen molar-refractivity contribution in [3.8, 4) is 17.3 Å². The zero-order chi connectivity index (χ0) is 23.8. The van der Waals surface area contributed by atoms with E-state index in [1.807, 2.05) is 34.2 Å². The zero-order valence-corrected chi connectivity index (χ0v) is 19.1. The van der Waals surface area contributed by atoms with Crippen LogP contribution in [-0.2, 0) is 5.54 Å². The molecule has 1 saturated carbocycles. The number of aromatic nitrogens is 5. The van der Waals surface area contributed by atoms with Crippen LogP contribution in [-0.4, -0.2) is 72.8 Å². The van der Waals surface area contributed by atoms with Gasteiger partial charge in [0, 0.05) is 61.6 Å². The number of piperazine rings is 1. The monoisotopic (exact) mass is 471 g/mol. The summed E-state index contributed by atoms with van der Waals surface area (Å²) < 4.78 is 6.97. The van der Waals surface area contributed by atoms with Crippen LogP contribution >= 0.6 is 0 Å². The van der Waals surface area contributed by atoms with Crippen LogP contribution in [0.15, 0.2) is 54.0 Å². The molecule has 0 bridgehead atoms. The molecule has 5 heterocycles. The minimum atomic E-state index is -0.322. The van der Waals surface area contributed by atoms with Gasteiger partial charge in [-0.1, -0.05) is 0 Å². The van der Waals surface area contributed by atoms with Gasteiger partial charge in [-0.3, -0.25) is 9.58 Å². The van der Waals surface area contributed by atoms with Gasteiger partial charge in [0.1, 0.15) is 18.2 Å². The second-order valence-electron chi connectivity index (χ2n) is 9.22. The number of carbonyl (C=O) groups is 1. The van der Waals surface area contributed by atoms with Gasteiger partial charge >= 0.3 is 6.03 Å². The number of nitriles is 1. The number of aromatic amines is 1. The largest absolute Gasteiger partial charge is 0.470 e. The summed E-state index contributed by atoms with van der Waals surface area (Å²) in [5, 5.41) is 18.0. The van der Waals surface area contributed by atoms with Crippen molar-refractivity contribution in [2.45, 2.75) is 30.8 Å².